The zero-order valence-corrected chi connectivity index (χ0v) is 28.1. The zero-order chi connectivity index (χ0) is 38.5. The molecule has 0 fully saturated rings. The molecule has 54 heavy (non-hydrogen) atoms. The number of cyclic esters (lactones) is 3. The molecule has 3 heterocycles. The molecule has 300 valence electrons. The van der Waals surface area contributed by atoms with E-state index in [1.807, 2.05) is 0 Å². The fourth-order valence-corrected chi connectivity index (χ4v) is 5.38. The van der Waals surface area contributed by atoms with E-state index in [0.29, 0.717) is 0 Å². The van der Waals surface area contributed by atoms with Crippen molar-refractivity contribution in [2.75, 3.05) is 16.0 Å². The van der Waals surface area contributed by atoms with Crippen LogP contribution in [0.25, 0.3) is 0 Å². The van der Waals surface area contributed by atoms with Gasteiger partial charge in [0.2, 0.25) is 11.2 Å². The normalized spacial score (nSPS) is 22.4. The molecule has 9 nitrogen and oxygen atoms in total. The van der Waals surface area contributed by atoms with Crippen LogP contribution in [0.5, 0.6) is 0 Å². The van der Waals surface area contributed by atoms with Crippen LogP contribution >= 0.6 is 46.4 Å². The minimum Gasteiger partial charge on any atom is -0.428 e. The lowest BCUT2D eigenvalue weighted by Gasteiger charge is -2.36. The van der Waals surface area contributed by atoms with Gasteiger partial charge in [0.25, 0.3) is 0 Å². The number of fused-ring (bicyclic) bond motifs is 3. The first-order valence-corrected chi connectivity index (χ1v) is 15.0. The number of benzene rings is 3. The van der Waals surface area contributed by atoms with E-state index < -0.39 is 58.6 Å². The van der Waals surface area contributed by atoms with Crippen LogP contribution in [0.1, 0.15) is 52.8 Å². The van der Waals surface area contributed by atoms with Gasteiger partial charge < -0.3 is 14.2 Å². The number of rotatable bonds is 0. The third kappa shape index (κ3) is 9.26. The Bertz CT molecular complexity index is 1690. The second-order valence-corrected chi connectivity index (χ2v) is 12.6. The van der Waals surface area contributed by atoms with Crippen molar-refractivity contribution >= 4 is 81.7 Å². The van der Waals surface area contributed by atoms with Gasteiger partial charge in [-0.2, -0.15) is 39.5 Å². The van der Waals surface area contributed by atoms with Crippen LogP contribution in [0.4, 0.5) is 71.0 Å². The maximum absolute atomic E-state index is 13.0. The van der Waals surface area contributed by atoms with Gasteiger partial charge in [0.1, 0.15) is 0 Å². The Hall–Kier alpha value is -4.00. The number of hydrogen-bond acceptors (Lipinski definition) is 6. The second kappa shape index (κ2) is 16.4. The SMILES string of the molecule is C.C.C.CC1(C(F)(F)F)OC(=O)Nc2ccc(Cl)cc21.CC1(C(F)(F)F)OC(=O)Nc2ccc(Cl)cc21.O=C1Nc2ccc(Cl)cc2C(Cl)(C(F)(F)F)O1. The van der Waals surface area contributed by atoms with E-state index in [1.165, 1.54) is 36.4 Å². The average molecular weight is 865 g/mol. The summed E-state index contributed by atoms with van der Waals surface area (Å²) in [7, 11) is 0. The van der Waals surface area contributed by atoms with Crippen molar-refractivity contribution in [2.24, 2.45) is 0 Å². The smallest absolute Gasteiger partial charge is 0.428 e. The molecule has 3 atom stereocenters. The monoisotopic (exact) mass is 863 g/mol. The van der Waals surface area contributed by atoms with E-state index in [0.717, 1.165) is 32.0 Å². The number of carbonyl (C=O) groups is 3. The maximum atomic E-state index is 13.0. The lowest BCUT2D eigenvalue weighted by atomic mass is 9.92. The van der Waals surface area contributed by atoms with Crippen LogP contribution in [-0.2, 0) is 30.5 Å². The molecular formula is C32H30Cl4F9N3O6. The topological polar surface area (TPSA) is 115 Å². The van der Waals surface area contributed by atoms with E-state index in [-0.39, 0.29) is 65.5 Å². The quantitative estimate of drug-likeness (QED) is 0.118. The van der Waals surface area contributed by atoms with Crippen molar-refractivity contribution in [2.45, 2.75) is 70.9 Å². The molecule has 3 N–H and O–H groups in total. The molecule has 0 aromatic heterocycles. The Morgan fingerprint density at radius 2 is 0.778 bits per heavy atom. The Morgan fingerprint density at radius 1 is 0.500 bits per heavy atom. The van der Waals surface area contributed by atoms with Crippen LogP contribution in [-0.4, -0.2) is 36.8 Å². The largest absolute Gasteiger partial charge is 0.448 e. The maximum Gasteiger partial charge on any atom is 0.448 e. The molecule has 0 saturated carbocycles. The molecule has 3 aromatic carbocycles. The van der Waals surface area contributed by atoms with Gasteiger partial charge in [-0.3, -0.25) is 16.0 Å². The van der Waals surface area contributed by atoms with Crippen molar-refractivity contribution in [1.82, 2.24) is 0 Å². The van der Waals surface area contributed by atoms with Crippen LogP contribution in [0.3, 0.4) is 0 Å². The summed E-state index contributed by atoms with van der Waals surface area (Å²) in [4.78, 5) is 33.2. The average Bonchev–Trinajstić information content (AvgIpc) is 2.97. The molecule has 3 aliphatic heterocycles. The molecule has 0 spiro atoms. The number of carbonyl (C=O) groups excluding carboxylic acids is 3. The first-order valence-electron chi connectivity index (χ1n) is 13.5. The summed E-state index contributed by atoms with van der Waals surface area (Å²) in [6.07, 6.45) is -17.9. The number of amides is 3. The van der Waals surface area contributed by atoms with Gasteiger partial charge in [-0.05, 0) is 68.4 Å². The molecule has 3 aliphatic rings. The van der Waals surface area contributed by atoms with Gasteiger partial charge in [0.05, 0.1) is 17.1 Å². The van der Waals surface area contributed by atoms with E-state index in [9.17, 15) is 53.9 Å². The molecule has 6 rings (SSSR count). The zero-order valence-electron chi connectivity index (χ0n) is 25.1. The lowest BCUT2D eigenvalue weighted by molar-refractivity contribution is -0.257. The highest BCUT2D eigenvalue weighted by Gasteiger charge is 2.62. The van der Waals surface area contributed by atoms with E-state index in [2.05, 4.69) is 30.2 Å². The number of anilines is 3. The van der Waals surface area contributed by atoms with Gasteiger partial charge in [-0.25, -0.2) is 14.4 Å². The summed E-state index contributed by atoms with van der Waals surface area (Å²) in [5.41, 5.74) is -6.23. The summed E-state index contributed by atoms with van der Waals surface area (Å²) in [6, 6.07) is 11.2. The number of alkyl halides is 10. The first kappa shape index (κ1) is 48.0. The molecular weight excluding hydrogens is 835 g/mol. The van der Waals surface area contributed by atoms with Gasteiger partial charge >= 0.3 is 41.9 Å². The molecule has 3 aromatic rings. The van der Waals surface area contributed by atoms with E-state index in [4.69, 9.17) is 46.4 Å². The van der Waals surface area contributed by atoms with Gasteiger partial charge in [0.15, 0.2) is 0 Å². The number of hydrogen-bond donors (Lipinski definition) is 3. The highest BCUT2D eigenvalue weighted by molar-refractivity contribution is 6.32. The van der Waals surface area contributed by atoms with Gasteiger partial charge in [-0.1, -0.05) is 68.7 Å². The van der Waals surface area contributed by atoms with Crippen molar-refractivity contribution in [3.05, 3.63) is 86.4 Å². The summed E-state index contributed by atoms with van der Waals surface area (Å²) in [5.74, 6) is 0. The predicted molar refractivity (Wildman–Crippen MR) is 185 cm³/mol. The van der Waals surface area contributed by atoms with Crippen molar-refractivity contribution in [3.63, 3.8) is 0 Å². The standard InChI is InChI=1S/2C10H7ClF3NO2.C9H4Cl2F3NO2.3CH4/c2*1-9(10(12,13)14)6-4-5(11)2-3-7(6)15-8(16)17-9;10-4-1-2-6-5(3-4)8(11,9(12,13)14)17-7(16)15-6;;;/h2*2-4H,1H3,(H,15,16);1-3H,(H,15,16);3*1H4. The Labute approximate surface area is 322 Å². The van der Waals surface area contributed by atoms with Gasteiger partial charge in [0, 0.05) is 31.8 Å². The molecule has 3 amide bonds. The molecule has 0 bridgehead atoms. The Kier molecular flexibility index (Phi) is 14.6. The Balaban J connectivity index is 0.000000394. The predicted octanol–water partition coefficient (Wildman–Crippen LogP) is 13.1. The molecule has 0 aliphatic carbocycles. The first-order chi connectivity index (χ1) is 23.2. The summed E-state index contributed by atoms with van der Waals surface area (Å²) in [5, 5.41) is 3.62. The highest BCUT2D eigenvalue weighted by atomic mass is 35.5. The van der Waals surface area contributed by atoms with Crippen LogP contribution in [0, 0.1) is 0 Å². The second-order valence-electron chi connectivity index (χ2n) is 10.8. The number of halogens is 13. The number of nitrogens with one attached hydrogen (secondary N) is 3. The fourth-order valence-electron chi connectivity index (χ4n) is 4.63. The van der Waals surface area contributed by atoms with Crippen molar-refractivity contribution < 1.29 is 68.1 Å². The third-order valence-electron chi connectivity index (χ3n) is 7.30. The van der Waals surface area contributed by atoms with E-state index in [1.54, 1.807) is 0 Å². The number of ether oxygens (including phenoxy) is 3. The fraction of sp³-hybridized carbons (Fsp3) is 0.344. The summed E-state index contributed by atoms with van der Waals surface area (Å²) in [6.45, 7) is 1.59. The van der Waals surface area contributed by atoms with Crippen LogP contribution in [0.15, 0.2) is 54.6 Å². The minimum atomic E-state index is -4.95. The molecule has 3 unspecified atom stereocenters. The molecule has 22 heteroatoms. The highest BCUT2D eigenvalue weighted by Crippen LogP contribution is 2.51. The van der Waals surface area contributed by atoms with Crippen molar-refractivity contribution in [3.8, 4) is 0 Å². The molecule has 0 radical (unpaired) electrons. The minimum absolute atomic E-state index is 0. The van der Waals surface area contributed by atoms with Gasteiger partial charge in [-0.15, -0.1) is 0 Å². The summed E-state index contributed by atoms with van der Waals surface area (Å²) >= 11 is 22.3. The molecule has 0 saturated heterocycles. The third-order valence-corrected chi connectivity index (χ3v) is 8.50. The Morgan fingerprint density at radius 3 is 1.07 bits per heavy atom. The summed E-state index contributed by atoms with van der Waals surface area (Å²) < 4.78 is 129. The van der Waals surface area contributed by atoms with Crippen molar-refractivity contribution in [1.29, 1.82) is 0 Å². The lowest BCUT2D eigenvalue weighted by Crippen LogP contribution is -2.47. The van der Waals surface area contributed by atoms with Crippen LogP contribution < -0.4 is 16.0 Å². The van der Waals surface area contributed by atoms with E-state index >= 15 is 0 Å². The van der Waals surface area contributed by atoms with Crippen LogP contribution in [0.2, 0.25) is 15.1 Å².